The summed E-state index contributed by atoms with van der Waals surface area (Å²) in [5.74, 6) is -5.49. The van der Waals surface area contributed by atoms with Crippen molar-refractivity contribution in [1.82, 2.24) is 0 Å². The van der Waals surface area contributed by atoms with Crippen molar-refractivity contribution in [3.05, 3.63) is 0 Å². The molecule has 70 valence electrons. The smallest absolute Gasteiger partial charge is 0.409 e. The van der Waals surface area contributed by atoms with E-state index in [4.69, 9.17) is 0 Å². The van der Waals surface area contributed by atoms with E-state index in [-0.39, 0.29) is 0 Å². The third kappa shape index (κ3) is 2.52. The fraction of sp³-hybridized carbons (Fsp3) is 0.667. The van der Waals surface area contributed by atoms with Crippen LogP contribution < -0.4 is 0 Å². The zero-order valence-electron chi connectivity index (χ0n) is 6.44. The summed E-state index contributed by atoms with van der Waals surface area (Å²) in [5, 5.41) is 0. The van der Waals surface area contributed by atoms with Crippen molar-refractivity contribution in [2.75, 3.05) is 7.11 Å². The minimum atomic E-state index is -4.86. The van der Waals surface area contributed by atoms with E-state index in [1.807, 2.05) is 0 Å². The van der Waals surface area contributed by atoms with E-state index >= 15 is 0 Å². The SMILES string of the molecule is COC(=O)C(C(C)=O)C(F)(F)F. The number of carbonyl (C=O) groups excluding carboxylic acids is 2. The molecule has 0 saturated carbocycles. The Morgan fingerprint density at radius 1 is 1.33 bits per heavy atom. The number of methoxy groups -OCH3 is 1. The van der Waals surface area contributed by atoms with Gasteiger partial charge in [0.2, 0.25) is 5.92 Å². The van der Waals surface area contributed by atoms with Gasteiger partial charge in [-0.2, -0.15) is 13.2 Å². The van der Waals surface area contributed by atoms with Crippen molar-refractivity contribution < 1.29 is 27.5 Å². The van der Waals surface area contributed by atoms with Gasteiger partial charge in [0.15, 0.2) is 5.78 Å². The van der Waals surface area contributed by atoms with Gasteiger partial charge >= 0.3 is 12.1 Å². The van der Waals surface area contributed by atoms with Crippen LogP contribution in [0.25, 0.3) is 0 Å². The number of hydrogen-bond acceptors (Lipinski definition) is 3. The van der Waals surface area contributed by atoms with Crippen molar-refractivity contribution in [3.63, 3.8) is 0 Å². The molecule has 0 aromatic carbocycles. The van der Waals surface area contributed by atoms with Gasteiger partial charge < -0.3 is 4.74 Å². The molecule has 0 spiro atoms. The molecule has 0 aliphatic heterocycles. The molecule has 3 nitrogen and oxygen atoms in total. The highest BCUT2D eigenvalue weighted by atomic mass is 19.4. The Kier molecular flexibility index (Phi) is 3.24. The van der Waals surface area contributed by atoms with Gasteiger partial charge in [0, 0.05) is 0 Å². The zero-order valence-corrected chi connectivity index (χ0v) is 6.44. The molecule has 0 heterocycles. The summed E-state index contributed by atoms with van der Waals surface area (Å²) in [6.07, 6.45) is -4.86. The highest BCUT2D eigenvalue weighted by Crippen LogP contribution is 2.27. The average Bonchev–Trinajstić information content (AvgIpc) is 1.83. The number of Topliss-reactive ketones (excluding diaryl/α,β-unsaturated/α-hetero) is 1. The van der Waals surface area contributed by atoms with E-state index in [1.54, 1.807) is 0 Å². The quantitative estimate of drug-likeness (QED) is 0.473. The maximum absolute atomic E-state index is 11.9. The molecular formula is C6H7F3O3. The molecule has 0 N–H and O–H groups in total. The van der Waals surface area contributed by atoms with Crippen LogP contribution in [0.4, 0.5) is 13.2 Å². The number of hydrogen-bond donors (Lipinski definition) is 0. The van der Waals surface area contributed by atoms with E-state index < -0.39 is 23.8 Å². The first-order chi connectivity index (χ1) is 5.30. The van der Waals surface area contributed by atoms with Crippen LogP contribution in [0, 0.1) is 5.92 Å². The molecule has 6 heteroatoms. The van der Waals surface area contributed by atoms with Crippen LogP contribution in [-0.4, -0.2) is 25.0 Å². The van der Waals surface area contributed by atoms with Gasteiger partial charge in [-0.15, -0.1) is 0 Å². The molecule has 0 aliphatic carbocycles. The second kappa shape index (κ2) is 3.55. The van der Waals surface area contributed by atoms with Gasteiger partial charge in [-0.3, -0.25) is 9.59 Å². The lowest BCUT2D eigenvalue weighted by atomic mass is 10.1. The molecule has 12 heavy (non-hydrogen) atoms. The number of rotatable bonds is 2. The zero-order chi connectivity index (χ0) is 9.94. The van der Waals surface area contributed by atoms with E-state index in [0.717, 1.165) is 7.11 Å². The predicted molar refractivity (Wildman–Crippen MR) is 32.2 cm³/mol. The molecule has 0 amide bonds. The summed E-state index contributed by atoms with van der Waals surface area (Å²) in [5.41, 5.74) is 0. The Balaban J connectivity index is 4.68. The molecule has 1 atom stereocenters. The molecule has 0 radical (unpaired) electrons. The van der Waals surface area contributed by atoms with Gasteiger partial charge in [0.25, 0.3) is 0 Å². The highest BCUT2D eigenvalue weighted by molar-refractivity contribution is 5.98. The van der Waals surface area contributed by atoms with Gasteiger partial charge in [0.05, 0.1) is 7.11 Å². The average molecular weight is 184 g/mol. The standard InChI is InChI=1S/C6H7F3O3/c1-3(10)4(5(11)12-2)6(7,8)9/h4H,1-2H3. The maximum atomic E-state index is 11.9. The maximum Gasteiger partial charge on any atom is 0.409 e. The molecule has 1 unspecified atom stereocenters. The van der Waals surface area contributed by atoms with Crippen LogP contribution in [0.1, 0.15) is 6.92 Å². The first kappa shape index (κ1) is 10.9. The van der Waals surface area contributed by atoms with Crippen molar-refractivity contribution in [2.45, 2.75) is 13.1 Å². The molecule has 0 bridgehead atoms. The lowest BCUT2D eigenvalue weighted by Crippen LogP contribution is -2.36. The van der Waals surface area contributed by atoms with Crippen LogP contribution >= 0.6 is 0 Å². The van der Waals surface area contributed by atoms with Gasteiger partial charge in [-0.05, 0) is 6.92 Å². The number of esters is 1. The van der Waals surface area contributed by atoms with Crippen LogP contribution in [0.15, 0.2) is 0 Å². The van der Waals surface area contributed by atoms with Crippen molar-refractivity contribution in [1.29, 1.82) is 0 Å². The number of alkyl halides is 3. The summed E-state index contributed by atoms with van der Waals surface area (Å²) < 4.78 is 39.5. The summed E-state index contributed by atoms with van der Waals surface area (Å²) in [4.78, 5) is 20.8. The second-order valence-corrected chi connectivity index (χ2v) is 2.11. The van der Waals surface area contributed by atoms with Crippen molar-refractivity contribution >= 4 is 11.8 Å². The minimum absolute atomic E-state index is 0.690. The minimum Gasteiger partial charge on any atom is -0.468 e. The summed E-state index contributed by atoms with van der Waals surface area (Å²) in [7, 11) is 0.796. The van der Waals surface area contributed by atoms with Gasteiger partial charge in [-0.25, -0.2) is 0 Å². The Morgan fingerprint density at radius 3 is 1.83 bits per heavy atom. The van der Waals surface area contributed by atoms with E-state index in [1.165, 1.54) is 0 Å². The lowest BCUT2D eigenvalue weighted by molar-refractivity contribution is -0.195. The Morgan fingerprint density at radius 2 is 1.75 bits per heavy atom. The normalized spacial score (nSPS) is 13.8. The fourth-order valence-corrected chi connectivity index (χ4v) is 0.648. The molecule has 0 saturated heterocycles. The number of halogens is 3. The predicted octanol–water partition coefficient (Wildman–Crippen LogP) is 0.927. The largest absolute Gasteiger partial charge is 0.468 e. The van der Waals surface area contributed by atoms with E-state index in [9.17, 15) is 22.8 Å². The van der Waals surface area contributed by atoms with Crippen LogP contribution in [0.5, 0.6) is 0 Å². The fourth-order valence-electron chi connectivity index (χ4n) is 0.648. The van der Waals surface area contributed by atoms with Gasteiger partial charge in [0.1, 0.15) is 0 Å². The second-order valence-electron chi connectivity index (χ2n) is 2.11. The highest BCUT2D eigenvalue weighted by Gasteiger charge is 2.49. The number of carbonyl (C=O) groups is 2. The Bertz CT molecular complexity index is 197. The third-order valence-corrected chi connectivity index (χ3v) is 1.17. The van der Waals surface area contributed by atoms with Crippen molar-refractivity contribution in [3.8, 4) is 0 Å². The summed E-state index contributed by atoms with van der Waals surface area (Å²) >= 11 is 0. The first-order valence-corrected chi connectivity index (χ1v) is 2.95. The topological polar surface area (TPSA) is 43.4 Å². The molecular weight excluding hydrogens is 177 g/mol. The number of ketones is 1. The monoisotopic (exact) mass is 184 g/mol. The van der Waals surface area contributed by atoms with Gasteiger partial charge in [-0.1, -0.05) is 0 Å². The molecule has 0 fully saturated rings. The van der Waals surface area contributed by atoms with Crippen LogP contribution in [-0.2, 0) is 14.3 Å². The molecule has 0 aliphatic rings. The van der Waals surface area contributed by atoms with Crippen LogP contribution in [0.2, 0.25) is 0 Å². The Labute approximate surface area is 66.5 Å². The van der Waals surface area contributed by atoms with E-state index in [2.05, 4.69) is 4.74 Å². The van der Waals surface area contributed by atoms with Crippen molar-refractivity contribution in [2.24, 2.45) is 5.92 Å². The molecule has 0 aromatic rings. The Hall–Kier alpha value is -1.07. The number of ether oxygens (including phenoxy) is 1. The lowest BCUT2D eigenvalue weighted by Gasteiger charge is -2.14. The van der Waals surface area contributed by atoms with E-state index in [0.29, 0.717) is 6.92 Å². The van der Waals surface area contributed by atoms with Crippen LogP contribution in [0.3, 0.4) is 0 Å². The molecule has 0 aromatic heterocycles. The first-order valence-electron chi connectivity index (χ1n) is 2.95. The summed E-state index contributed by atoms with van der Waals surface area (Å²) in [6.45, 7) is 0.690. The summed E-state index contributed by atoms with van der Waals surface area (Å²) in [6, 6.07) is 0. The molecule has 0 rings (SSSR count). The third-order valence-electron chi connectivity index (χ3n) is 1.17.